The molecule has 24 valence electrons. The van der Waals surface area contributed by atoms with Crippen LogP contribution in [0.5, 0.6) is 0 Å². The smallest absolute Gasteiger partial charge is 1.00 e. The molecule has 0 heterocycles. The van der Waals surface area contributed by atoms with E-state index in [9.17, 15) is 0 Å². The maximum atomic E-state index is 8.24. The van der Waals surface area contributed by atoms with Crippen molar-refractivity contribution in [2.45, 2.75) is 0 Å². The van der Waals surface area contributed by atoms with Crippen LogP contribution in [0.15, 0.2) is 0 Å². The second-order valence-electron chi connectivity index (χ2n) is 0.0913. The Morgan fingerprint density at radius 1 is 1.60 bits per heavy atom. The zero-order valence-electron chi connectivity index (χ0n) is 2.44. The van der Waals surface area contributed by atoms with Gasteiger partial charge in [-0.3, -0.25) is 0 Å². The fourth-order valence-corrected chi connectivity index (χ4v) is 0. The summed E-state index contributed by atoms with van der Waals surface area (Å²) in [4.78, 5) is 0. The van der Waals surface area contributed by atoms with Gasteiger partial charge in [0.05, 0.1) is 0 Å². The molecule has 0 aliphatic carbocycles. The minimum atomic E-state index is 0. The molecule has 0 fully saturated rings. The van der Waals surface area contributed by atoms with Crippen molar-refractivity contribution >= 4 is 0 Å². The molecule has 0 saturated carbocycles. The molecule has 0 atom stereocenters. The molecule has 0 unspecified atom stereocenters. The summed E-state index contributed by atoms with van der Waals surface area (Å²) in [6, 6.07) is 0. The van der Waals surface area contributed by atoms with Gasteiger partial charge in [-0.05, 0) is 0 Å². The van der Waals surface area contributed by atoms with Crippen LogP contribution in [0, 0.1) is 11.5 Å². The van der Waals surface area contributed by atoms with Crippen molar-refractivity contribution in [3.05, 3.63) is 0 Å². The van der Waals surface area contributed by atoms with Gasteiger partial charge in [-0.25, -0.2) is 5.26 Å². The van der Waals surface area contributed by atoms with E-state index in [2.05, 4.69) is 0 Å². The summed E-state index contributed by atoms with van der Waals surface area (Å²) in [5, 5.41) is 15.0. The first-order valence-corrected chi connectivity index (χ1v) is 0.428. The predicted octanol–water partition coefficient (Wildman–Crippen LogP) is -4.17. The summed E-state index contributed by atoms with van der Waals surface area (Å²) in [6.45, 7) is 0. The number of rotatable bonds is 0. The van der Waals surface area contributed by atoms with Crippen LogP contribution in [0.4, 0.5) is 0 Å². The monoisotopic (exact) mass is 141 g/mol. The fraction of sp³-hybridized carbons (Fsp3) is 0. The number of hydrogen-bond donors (Lipinski definition) is 0. The Labute approximate surface area is 49.0 Å². The number of nitriles is 1. The molecule has 2 nitrogen and oxygen atoms in total. The Bertz CT molecular complexity index is 33.1. The molecule has 0 radical (unpaired) electrons. The molecule has 0 aliphatic rings. The van der Waals surface area contributed by atoms with Gasteiger partial charge in [0.1, 0.15) is 0 Å². The molecule has 0 aromatic carbocycles. The van der Waals surface area contributed by atoms with Crippen LogP contribution in [0.3, 0.4) is 0 Å². The molecule has 0 bridgehead atoms. The molecule has 0 aromatic rings. The molecule has 0 aliphatic heterocycles. The molecule has 0 amide bonds. The van der Waals surface area contributed by atoms with Gasteiger partial charge in [-0.1, -0.05) is 0 Å². The van der Waals surface area contributed by atoms with Crippen molar-refractivity contribution in [2.24, 2.45) is 0 Å². The van der Waals surface area contributed by atoms with E-state index < -0.39 is 0 Å². The van der Waals surface area contributed by atoms with Crippen LogP contribution in [0.25, 0.3) is 0 Å². The van der Waals surface area contributed by atoms with E-state index in [0.717, 1.165) is 0 Å². The van der Waals surface area contributed by atoms with Gasteiger partial charge < -0.3 is 17.5 Å². The van der Waals surface area contributed by atoms with Gasteiger partial charge >= 0.3 is 19.5 Å². The summed E-state index contributed by atoms with van der Waals surface area (Å²) in [5.41, 5.74) is 0. The van der Waals surface area contributed by atoms with Gasteiger partial charge in [0.15, 0.2) is 0 Å². The van der Waals surface area contributed by atoms with Crippen molar-refractivity contribution < 1.29 is 37.0 Å². The quantitative estimate of drug-likeness (QED) is 0.255. The molecule has 0 rings (SSSR count). The SMILES string of the molecule is N#C[O-].[Cl-].[Zn+2]. The Morgan fingerprint density at radius 3 is 1.60 bits per heavy atom. The van der Waals surface area contributed by atoms with E-state index in [-0.39, 0.29) is 31.9 Å². The molecule has 0 spiro atoms. The van der Waals surface area contributed by atoms with Crippen molar-refractivity contribution in [2.75, 3.05) is 0 Å². The third-order valence-electron chi connectivity index (χ3n) is 0. The van der Waals surface area contributed by atoms with E-state index in [1.807, 2.05) is 0 Å². The van der Waals surface area contributed by atoms with Crippen LogP contribution in [0.1, 0.15) is 0 Å². The maximum Gasteiger partial charge on any atom is 2.00 e. The molecule has 0 N–H and O–H groups in total. The van der Waals surface area contributed by atoms with Crippen LogP contribution in [0.2, 0.25) is 0 Å². The minimum absolute atomic E-state index is 0. The summed E-state index contributed by atoms with van der Waals surface area (Å²) in [7, 11) is 0. The normalized spacial score (nSPS) is 1.40. The third kappa shape index (κ3) is 493. The standard InChI is InChI=1S/CHNO.ClH.Zn/c2-1-3;;/h3H;1H;/q;;+2/p-2. The zero-order valence-corrected chi connectivity index (χ0v) is 6.16. The topological polar surface area (TPSA) is 46.8 Å². The summed E-state index contributed by atoms with van der Waals surface area (Å²) < 4.78 is 0. The first-order valence-electron chi connectivity index (χ1n) is 0.428. The summed E-state index contributed by atoms with van der Waals surface area (Å²) in [5.74, 6) is 0. The third-order valence-corrected chi connectivity index (χ3v) is 0. The predicted molar refractivity (Wildman–Crippen MR) is 5.61 cm³/mol. The minimum Gasteiger partial charge on any atom is -1.00 e. The molecule has 5 heavy (non-hydrogen) atoms. The molecule has 0 aromatic heterocycles. The van der Waals surface area contributed by atoms with E-state index in [0.29, 0.717) is 6.26 Å². The largest absolute Gasteiger partial charge is 2.00 e. The summed E-state index contributed by atoms with van der Waals surface area (Å²) in [6.07, 6.45) is 0.500. The number of halogens is 1. The summed E-state index contributed by atoms with van der Waals surface area (Å²) >= 11 is 0. The maximum absolute atomic E-state index is 8.24. The van der Waals surface area contributed by atoms with Crippen LogP contribution in [-0.2, 0) is 19.5 Å². The average Bonchev–Trinajstić information content (AvgIpc) is 0.918. The first kappa shape index (κ1) is 18.9. The van der Waals surface area contributed by atoms with Crippen molar-refractivity contribution in [1.29, 1.82) is 5.26 Å². The van der Waals surface area contributed by atoms with Crippen molar-refractivity contribution in [3.63, 3.8) is 0 Å². The number of nitrogens with zero attached hydrogens (tertiary/aromatic N) is 1. The van der Waals surface area contributed by atoms with Gasteiger partial charge in [0.25, 0.3) is 0 Å². The van der Waals surface area contributed by atoms with Crippen LogP contribution in [-0.4, -0.2) is 0 Å². The molecule has 4 heteroatoms. The van der Waals surface area contributed by atoms with Gasteiger partial charge in [0.2, 0.25) is 0 Å². The Kier molecular flexibility index (Phi) is 113. The van der Waals surface area contributed by atoms with Crippen molar-refractivity contribution in [3.8, 4) is 6.26 Å². The van der Waals surface area contributed by atoms with E-state index in [1.54, 1.807) is 0 Å². The van der Waals surface area contributed by atoms with Gasteiger partial charge in [0, 0.05) is 6.26 Å². The van der Waals surface area contributed by atoms with E-state index >= 15 is 0 Å². The zero-order chi connectivity index (χ0) is 2.71. The van der Waals surface area contributed by atoms with Crippen LogP contribution >= 0.6 is 0 Å². The van der Waals surface area contributed by atoms with E-state index in [4.69, 9.17) is 10.4 Å². The first-order chi connectivity index (χ1) is 1.41. The van der Waals surface area contributed by atoms with Crippen molar-refractivity contribution in [1.82, 2.24) is 0 Å². The molecule has 0 saturated heterocycles. The Morgan fingerprint density at radius 2 is 1.60 bits per heavy atom. The van der Waals surface area contributed by atoms with E-state index in [1.165, 1.54) is 0 Å². The fourth-order valence-electron chi connectivity index (χ4n) is 0. The Hall–Kier alpha value is 0.203. The second kappa shape index (κ2) is 29.8. The van der Waals surface area contributed by atoms with Gasteiger partial charge in [-0.15, -0.1) is 0 Å². The second-order valence-corrected chi connectivity index (χ2v) is 0.0913. The van der Waals surface area contributed by atoms with Gasteiger partial charge in [-0.2, -0.15) is 0 Å². The number of hydrogen-bond acceptors (Lipinski definition) is 2. The van der Waals surface area contributed by atoms with Crippen LogP contribution < -0.4 is 17.5 Å². The molecular weight excluding hydrogens is 143 g/mol. The Balaban J connectivity index is -0.0000000200. The average molecular weight is 143 g/mol. The molecular formula is CClNOZn.